The molecular formula is C29H29N3O3. The first kappa shape index (κ1) is 22.9. The number of carbonyl (C=O) groups is 1. The lowest BCUT2D eigenvalue weighted by atomic mass is 9.96. The van der Waals surface area contributed by atoms with Crippen molar-refractivity contribution < 1.29 is 14.1 Å². The first-order chi connectivity index (χ1) is 17.2. The molecule has 0 N–H and O–H groups in total. The van der Waals surface area contributed by atoms with E-state index in [4.69, 9.17) is 9.26 Å². The molecule has 6 heteroatoms. The Morgan fingerprint density at radius 2 is 1.49 bits per heavy atom. The molecule has 4 aromatic rings. The van der Waals surface area contributed by atoms with Gasteiger partial charge >= 0.3 is 0 Å². The molecule has 6 nitrogen and oxygen atoms in total. The molecule has 35 heavy (non-hydrogen) atoms. The van der Waals surface area contributed by atoms with Crippen LogP contribution in [0.25, 0.3) is 11.3 Å². The Balaban J connectivity index is 1.26. The summed E-state index contributed by atoms with van der Waals surface area (Å²) in [6.45, 7) is 5.41. The van der Waals surface area contributed by atoms with Crippen molar-refractivity contribution in [1.82, 2.24) is 15.0 Å². The molecule has 3 aromatic carbocycles. The largest absolute Gasteiger partial charge is 0.494 e. The van der Waals surface area contributed by atoms with Crippen molar-refractivity contribution in [2.24, 2.45) is 0 Å². The predicted molar refractivity (Wildman–Crippen MR) is 135 cm³/mol. The van der Waals surface area contributed by atoms with Gasteiger partial charge in [0.25, 0.3) is 5.91 Å². The van der Waals surface area contributed by atoms with Gasteiger partial charge in [-0.25, -0.2) is 0 Å². The Kier molecular flexibility index (Phi) is 6.91. The lowest BCUT2D eigenvalue weighted by Crippen LogP contribution is -2.50. The summed E-state index contributed by atoms with van der Waals surface area (Å²) in [7, 11) is 0. The topological polar surface area (TPSA) is 58.8 Å². The van der Waals surface area contributed by atoms with Gasteiger partial charge < -0.3 is 14.2 Å². The summed E-state index contributed by atoms with van der Waals surface area (Å²) in [6.07, 6.45) is 0. The molecule has 0 aliphatic carbocycles. The van der Waals surface area contributed by atoms with Gasteiger partial charge in [-0.2, -0.15) is 0 Å². The Labute approximate surface area is 205 Å². The predicted octanol–water partition coefficient (Wildman–Crippen LogP) is 5.29. The maximum absolute atomic E-state index is 13.2. The van der Waals surface area contributed by atoms with Crippen molar-refractivity contribution in [1.29, 1.82) is 0 Å². The third-order valence-electron chi connectivity index (χ3n) is 6.38. The van der Waals surface area contributed by atoms with Crippen LogP contribution >= 0.6 is 0 Å². The fourth-order valence-electron chi connectivity index (χ4n) is 4.62. The molecule has 1 fully saturated rings. The van der Waals surface area contributed by atoms with E-state index in [9.17, 15) is 4.79 Å². The number of ether oxygens (including phenoxy) is 1. The molecule has 0 spiro atoms. The highest BCUT2D eigenvalue weighted by atomic mass is 16.5. The number of benzene rings is 3. The van der Waals surface area contributed by atoms with Crippen LogP contribution in [0.4, 0.5) is 0 Å². The molecule has 0 radical (unpaired) electrons. The zero-order valence-corrected chi connectivity index (χ0v) is 19.8. The first-order valence-corrected chi connectivity index (χ1v) is 12.1. The second kappa shape index (κ2) is 10.6. The Morgan fingerprint density at radius 3 is 2.06 bits per heavy atom. The van der Waals surface area contributed by atoms with Crippen LogP contribution in [0.15, 0.2) is 95.5 Å². The Morgan fingerprint density at radius 1 is 0.886 bits per heavy atom. The fraction of sp³-hybridized carbons (Fsp3) is 0.241. The van der Waals surface area contributed by atoms with Crippen LogP contribution in [0, 0.1) is 0 Å². The average molecular weight is 468 g/mol. The van der Waals surface area contributed by atoms with Crippen molar-refractivity contribution in [3.63, 3.8) is 0 Å². The van der Waals surface area contributed by atoms with Gasteiger partial charge in [-0.05, 0) is 42.3 Å². The van der Waals surface area contributed by atoms with Gasteiger partial charge in [0.1, 0.15) is 5.75 Å². The number of amides is 1. The first-order valence-electron chi connectivity index (χ1n) is 12.1. The smallest absolute Gasteiger partial charge is 0.276 e. The molecule has 1 aliphatic rings. The van der Waals surface area contributed by atoms with E-state index in [0.717, 1.165) is 24.4 Å². The summed E-state index contributed by atoms with van der Waals surface area (Å²) >= 11 is 0. The number of nitrogens with zero attached hydrogens (tertiary/aromatic N) is 3. The maximum Gasteiger partial charge on any atom is 0.276 e. The molecule has 0 unspecified atom stereocenters. The lowest BCUT2D eigenvalue weighted by molar-refractivity contribution is 0.0588. The van der Waals surface area contributed by atoms with Gasteiger partial charge in [-0.3, -0.25) is 9.69 Å². The zero-order valence-electron chi connectivity index (χ0n) is 19.8. The van der Waals surface area contributed by atoms with Gasteiger partial charge in [-0.15, -0.1) is 0 Å². The molecule has 5 rings (SSSR count). The molecule has 1 aromatic heterocycles. The van der Waals surface area contributed by atoms with Crippen LogP contribution in [0.2, 0.25) is 0 Å². The second-order valence-corrected chi connectivity index (χ2v) is 8.59. The third-order valence-corrected chi connectivity index (χ3v) is 6.38. The van der Waals surface area contributed by atoms with Crippen molar-refractivity contribution in [3.05, 3.63) is 108 Å². The molecule has 0 saturated carbocycles. The number of piperazine rings is 1. The summed E-state index contributed by atoms with van der Waals surface area (Å²) in [5, 5.41) is 4.06. The molecule has 2 heterocycles. The number of rotatable bonds is 7. The highest BCUT2D eigenvalue weighted by Gasteiger charge is 2.29. The third kappa shape index (κ3) is 5.12. The van der Waals surface area contributed by atoms with E-state index < -0.39 is 0 Å². The van der Waals surface area contributed by atoms with E-state index in [-0.39, 0.29) is 11.9 Å². The standard InChI is InChI=1S/C29H29N3O3/c1-2-34-25-15-13-22(14-16-25)27-21-26(30-35-27)29(33)32-19-17-31(18-20-32)28(23-9-5-3-6-10-23)24-11-7-4-8-12-24/h3-16,21,28H,2,17-20H2,1H3. The van der Waals surface area contributed by atoms with Gasteiger partial charge in [0.15, 0.2) is 11.5 Å². The quantitative estimate of drug-likeness (QED) is 0.370. The molecule has 178 valence electrons. The number of hydrogen-bond donors (Lipinski definition) is 0. The average Bonchev–Trinajstić information content (AvgIpc) is 3.41. The van der Waals surface area contributed by atoms with Crippen LogP contribution in [-0.2, 0) is 0 Å². The van der Waals surface area contributed by atoms with Crippen LogP contribution in [0.5, 0.6) is 5.75 Å². The SMILES string of the molecule is CCOc1ccc(-c2cc(C(=O)N3CCN(C(c4ccccc4)c4ccccc4)CC3)no2)cc1. The van der Waals surface area contributed by atoms with E-state index >= 15 is 0 Å². The van der Waals surface area contributed by atoms with Crippen LogP contribution in [0.3, 0.4) is 0 Å². The number of hydrogen-bond acceptors (Lipinski definition) is 5. The molecule has 1 saturated heterocycles. The summed E-state index contributed by atoms with van der Waals surface area (Å²) in [6, 6.07) is 30.6. The van der Waals surface area contributed by atoms with Crippen molar-refractivity contribution in [3.8, 4) is 17.1 Å². The molecule has 0 atom stereocenters. The van der Waals surface area contributed by atoms with E-state index in [1.165, 1.54) is 11.1 Å². The Hall–Kier alpha value is -3.90. The maximum atomic E-state index is 13.2. The van der Waals surface area contributed by atoms with Crippen molar-refractivity contribution >= 4 is 5.91 Å². The van der Waals surface area contributed by atoms with Crippen LogP contribution in [0.1, 0.15) is 34.6 Å². The van der Waals surface area contributed by atoms with Crippen LogP contribution < -0.4 is 4.74 Å². The molecule has 1 aliphatic heterocycles. The van der Waals surface area contributed by atoms with Crippen molar-refractivity contribution in [2.45, 2.75) is 13.0 Å². The number of carbonyl (C=O) groups excluding carboxylic acids is 1. The normalized spacial score (nSPS) is 14.3. The summed E-state index contributed by atoms with van der Waals surface area (Å²) in [5.41, 5.74) is 3.72. The minimum atomic E-state index is -0.0958. The summed E-state index contributed by atoms with van der Waals surface area (Å²) in [5.74, 6) is 1.28. The summed E-state index contributed by atoms with van der Waals surface area (Å²) in [4.78, 5) is 17.5. The fourth-order valence-corrected chi connectivity index (χ4v) is 4.62. The minimum absolute atomic E-state index is 0.0958. The van der Waals surface area contributed by atoms with Gasteiger partial charge in [0, 0.05) is 37.8 Å². The van der Waals surface area contributed by atoms with Gasteiger partial charge in [0.2, 0.25) is 0 Å². The highest BCUT2D eigenvalue weighted by Crippen LogP contribution is 2.30. The molecular weight excluding hydrogens is 438 g/mol. The van der Waals surface area contributed by atoms with Crippen molar-refractivity contribution in [2.75, 3.05) is 32.8 Å². The number of aromatic nitrogens is 1. The van der Waals surface area contributed by atoms with E-state index in [0.29, 0.717) is 31.2 Å². The second-order valence-electron chi connectivity index (χ2n) is 8.59. The van der Waals surface area contributed by atoms with E-state index in [2.05, 4.69) is 58.6 Å². The highest BCUT2D eigenvalue weighted by molar-refractivity contribution is 5.93. The van der Waals surface area contributed by atoms with Gasteiger partial charge in [0.05, 0.1) is 12.6 Å². The zero-order chi connectivity index (χ0) is 24.0. The molecule has 0 bridgehead atoms. The minimum Gasteiger partial charge on any atom is -0.494 e. The Bertz CT molecular complexity index is 1190. The summed E-state index contributed by atoms with van der Waals surface area (Å²) < 4.78 is 11.0. The van der Waals surface area contributed by atoms with E-state index in [1.807, 2.05) is 48.2 Å². The van der Waals surface area contributed by atoms with Gasteiger partial charge in [-0.1, -0.05) is 65.8 Å². The lowest BCUT2D eigenvalue weighted by Gasteiger charge is -2.39. The monoisotopic (exact) mass is 467 g/mol. The van der Waals surface area contributed by atoms with Crippen LogP contribution in [-0.4, -0.2) is 53.6 Å². The molecule has 1 amide bonds. The van der Waals surface area contributed by atoms with E-state index in [1.54, 1.807) is 6.07 Å².